The molecule has 6 nitrogen and oxygen atoms in total. The lowest BCUT2D eigenvalue weighted by atomic mass is 10.1. The molecule has 3 aromatic rings. The molecule has 1 heterocycles. The Kier molecular flexibility index (Phi) is 7.43. The summed E-state index contributed by atoms with van der Waals surface area (Å²) in [4.78, 5) is 12.4. The summed E-state index contributed by atoms with van der Waals surface area (Å²) in [5, 5.41) is 12.0. The van der Waals surface area contributed by atoms with Crippen LogP contribution in [0.25, 0.3) is 11.1 Å². The van der Waals surface area contributed by atoms with Gasteiger partial charge in [0.15, 0.2) is 16.5 Å². The van der Waals surface area contributed by atoms with Crippen molar-refractivity contribution in [1.82, 2.24) is 15.5 Å². The number of ether oxygens (including phenoxy) is 2. The van der Waals surface area contributed by atoms with Crippen molar-refractivity contribution in [3.05, 3.63) is 69.2 Å². The maximum atomic E-state index is 12.4. The average Bonchev–Trinajstić information content (AvgIpc) is 3.24. The highest BCUT2D eigenvalue weighted by molar-refractivity contribution is 7.15. The Bertz CT molecular complexity index is 1050. The molecule has 2 aromatic carbocycles. The van der Waals surface area contributed by atoms with Gasteiger partial charge in [0, 0.05) is 6.54 Å². The van der Waals surface area contributed by atoms with Gasteiger partial charge in [0.2, 0.25) is 5.01 Å². The minimum absolute atomic E-state index is 0.258. The van der Waals surface area contributed by atoms with E-state index in [1.807, 2.05) is 56.3 Å². The highest BCUT2D eigenvalue weighted by atomic mass is 35.5. The number of carbonyl (C=O) groups excluding carboxylic acids is 1. The summed E-state index contributed by atoms with van der Waals surface area (Å²) in [6.07, 6.45) is 1.75. The Morgan fingerprint density at radius 3 is 2.57 bits per heavy atom. The molecule has 0 saturated carbocycles. The van der Waals surface area contributed by atoms with Crippen molar-refractivity contribution < 1.29 is 14.3 Å². The van der Waals surface area contributed by atoms with E-state index in [4.69, 9.17) is 21.1 Å². The van der Waals surface area contributed by atoms with Crippen LogP contribution in [0.5, 0.6) is 11.5 Å². The van der Waals surface area contributed by atoms with Gasteiger partial charge < -0.3 is 14.8 Å². The van der Waals surface area contributed by atoms with Gasteiger partial charge in [-0.2, -0.15) is 0 Å². The van der Waals surface area contributed by atoms with Crippen molar-refractivity contribution >= 4 is 40.0 Å². The second-order valence-corrected chi connectivity index (χ2v) is 7.80. The van der Waals surface area contributed by atoms with E-state index < -0.39 is 0 Å². The summed E-state index contributed by atoms with van der Waals surface area (Å²) in [6, 6.07) is 13.5. The first-order chi connectivity index (χ1) is 14.5. The second kappa shape index (κ2) is 10.2. The molecule has 3 rings (SSSR count). The Hall–Kier alpha value is -2.90. The molecule has 0 radical (unpaired) electrons. The van der Waals surface area contributed by atoms with Crippen molar-refractivity contribution in [2.75, 3.05) is 13.7 Å². The van der Waals surface area contributed by atoms with Crippen LogP contribution in [0.1, 0.15) is 38.4 Å². The maximum Gasteiger partial charge on any atom is 0.282 e. The topological polar surface area (TPSA) is 73.3 Å². The number of carbonyl (C=O) groups is 1. The van der Waals surface area contributed by atoms with Crippen LogP contribution >= 0.6 is 22.9 Å². The molecule has 30 heavy (non-hydrogen) atoms. The predicted octanol–water partition coefficient (Wildman–Crippen LogP) is 4.92. The Morgan fingerprint density at radius 1 is 1.13 bits per heavy atom. The number of nitrogens with zero attached hydrogens (tertiary/aromatic N) is 2. The van der Waals surface area contributed by atoms with Crippen LogP contribution in [0.15, 0.2) is 42.5 Å². The SMILES string of the molecule is CCOc1cc(/C=C(\Cl)c2nnc(C(=O)NCc3ccc(C)cc3)s2)ccc1OC. The Morgan fingerprint density at radius 2 is 1.87 bits per heavy atom. The zero-order valence-corrected chi connectivity index (χ0v) is 18.5. The van der Waals surface area contributed by atoms with Crippen molar-refractivity contribution in [3.63, 3.8) is 0 Å². The minimum Gasteiger partial charge on any atom is -0.493 e. The molecule has 156 valence electrons. The Labute approximate surface area is 184 Å². The minimum atomic E-state index is -0.285. The summed E-state index contributed by atoms with van der Waals surface area (Å²) in [6.45, 7) is 4.87. The molecule has 0 spiro atoms. The highest BCUT2D eigenvalue weighted by Crippen LogP contribution is 2.31. The standard InChI is InChI=1S/C22H22ClN3O3S/c1-4-29-19-12-16(9-10-18(19)28-3)11-17(23)21-25-26-22(30-21)20(27)24-13-15-7-5-14(2)6-8-15/h5-12H,4,13H2,1-3H3,(H,24,27)/b17-11-. The number of methoxy groups -OCH3 is 1. The van der Waals surface area contributed by atoms with Crippen LogP contribution in [0.4, 0.5) is 0 Å². The summed E-state index contributed by atoms with van der Waals surface area (Å²) < 4.78 is 10.9. The molecule has 0 aliphatic rings. The largest absolute Gasteiger partial charge is 0.493 e. The number of hydrogen-bond donors (Lipinski definition) is 1. The molecule has 0 bridgehead atoms. The summed E-state index contributed by atoms with van der Waals surface area (Å²) in [5.74, 6) is 0.993. The van der Waals surface area contributed by atoms with Crippen molar-refractivity contribution in [1.29, 1.82) is 0 Å². The van der Waals surface area contributed by atoms with Gasteiger partial charge in [0.1, 0.15) is 0 Å². The van der Waals surface area contributed by atoms with E-state index in [1.165, 1.54) is 5.56 Å². The maximum absolute atomic E-state index is 12.4. The molecule has 0 unspecified atom stereocenters. The molecule has 0 aliphatic heterocycles. The predicted molar refractivity (Wildman–Crippen MR) is 120 cm³/mol. The molecule has 0 atom stereocenters. The van der Waals surface area contributed by atoms with E-state index >= 15 is 0 Å². The fourth-order valence-corrected chi connectivity index (χ4v) is 3.58. The number of rotatable bonds is 8. The zero-order valence-electron chi connectivity index (χ0n) is 16.9. The van der Waals surface area contributed by atoms with Crippen molar-refractivity contribution in [3.8, 4) is 11.5 Å². The number of halogens is 1. The highest BCUT2D eigenvalue weighted by Gasteiger charge is 2.15. The van der Waals surface area contributed by atoms with Crippen LogP contribution in [-0.2, 0) is 6.54 Å². The summed E-state index contributed by atoms with van der Waals surface area (Å²) >= 11 is 7.55. The fourth-order valence-electron chi connectivity index (χ4n) is 2.63. The van der Waals surface area contributed by atoms with Gasteiger partial charge in [-0.1, -0.05) is 58.8 Å². The lowest BCUT2D eigenvalue weighted by Crippen LogP contribution is -2.22. The summed E-state index contributed by atoms with van der Waals surface area (Å²) in [7, 11) is 1.59. The third kappa shape index (κ3) is 5.58. The van der Waals surface area contributed by atoms with Gasteiger partial charge in [0.25, 0.3) is 5.91 Å². The van der Waals surface area contributed by atoms with E-state index in [0.29, 0.717) is 34.7 Å². The first-order valence-corrected chi connectivity index (χ1v) is 10.5. The number of amides is 1. The van der Waals surface area contributed by atoms with Gasteiger partial charge in [-0.3, -0.25) is 4.79 Å². The number of nitrogens with one attached hydrogen (secondary N) is 1. The smallest absolute Gasteiger partial charge is 0.282 e. The number of aryl methyl sites for hydroxylation is 1. The molecule has 1 aromatic heterocycles. The van der Waals surface area contributed by atoms with Gasteiger partial charge in [0.05, 0.1) is 18.7 Å². The fraction of sp³-hybridized carbons (Fsp3) is 0.227. The molecule has 8 heteroatoms. The van der Waals surface area contributed by atoms with E-state index in [1.54, 1.807) is 13.2 Å². The van der Waals surface area contributed by atoms with Crippen LogP contribution in [0.2, 0.25) is 0 Å². The second-order valence-electron chi connectivity index (χ2n) is 6.42. The first kappa shape index (κ1) is 21.8. The van der Waals surface area contributed by atoms with E-state index in [9.17, 15) is 4.79 Å². The third-order valence-corrected chi connectivity index (χ3v) is 5.53. The van der Waals surface area contributed by atoms with E-state index in [-0.39, 0.29) is 10.9 Å². The molecule has 1 amide bonds. The molecular weight excluding hydrogens is 422 g/mol. The molecule has 1 N–H and O–H groups in total. The molecular formula is C22H22ClN3O3S. The lowest BCUT2D eigenvalue weighted by molar-refractivity contribution is 0.0950. The summed E-state index contributed by atoms with van der Waals surface area (Å²) in [5.41, 5.74) is 3.01. The van der Waals surface area contributed by atoms with E-state index in [2.05, 4.69) is 15.5 Å². The average molecular weight is 444 g/mol. The number of hydrogen-bond acceptors (Lipinski definition) is 6. The van der Waals surface area contributed by atoms with Crippen LogP contribution < -0.4 is 14.8 Å². The van der Waals surface area contributed by atoms with Crippen LogP contribution in [0.3, 0.4) is 0 Å². The number of aromatic nitrogens is 2. The van der Waals surface area contributed by atoms with Crippen LogP contribution in [0, 0.1) is 6.92 Å². The third-order valence-electron chi connectivity index (χ3n) is 4.18. The van der Waals surface area contributed by atoms with Gasteiger partial charge >= 0.3 is 0 Å². The zero-order chi connectivity index (χ0) is 21.5. The van der Waals surface area contributed by atoms with Gasteiger partial charge in [-0.05, 0) is 43.2 Å². The van der Waals surface area contributed by atoms with Crippen molar-refractivity contribution in [2.24, 2.45) is 0 Å². The quantitative estimate of drug-likeness (QED) is 0.534. The monoisotopic (exact) mass is 443 g/mol. The van der Waals surface area contributed by atoms with E-state index in [0.717, 1.165) is 22.5 Å². The number of benzene rings is 2. The van der Waals surface area contributed by atoms with Gasteiger partial charge in [-0.25, -0.2) is 0 Å². The normalized spacial score (nSPS) is 11.3. The molecule has 0 fully saturated rings. The lowest BCUT2D eigenvalue weighted by Gasteiger charge is -2.09. The first-order valence-electron chi connectivity index (χ1n) is 9.35. The van der Waals surface area contributed by atoms with Crippen molar-refractivity contribution in [2.45, 2.75) is 20.4 Å². The van der Waals surface area contributed by atoms with Crippen LogP contribution in [-0.4, -0.2) is 29.8 Å². The Balaban J connectivity index is 1.69. The molecule has 0 aliphatic carbocycles. The molecule has 0 saturated heterocycles. The van der Waals surface area contributed by atoms with Gasteiger partial charge in [-0.15, -0.1) is 10.2 Å².